The molecule has 0 nitrogen and oxygen atoms in total. The van der Waals surface area contributed by atoms with Gasteiger partial charge in [0.05, 0.1) is 4.43 Å². The molecule has 0 unspecified atom stereocenters. The van der Waals surface area contributed by atoms with Crippen LogP contribution in [-0.4, -0.2) is 40.5 Å². The van der Waals surface area contributed by atoms with E-state index in [-0.39, 0.29) is 0 Å². The highest BCUT2D eigenvalue weighted by atomic mass is 127. The van der Waals surface area contributed by atoms with Gasteiger partial charge in [0.2, 0.25) is 0 Å². The van der Waals surface area contributed by atoms with Crippen molar-refractivity contribution < 1.29 is 52.7 Å². The molecule has 0 radical (unpaired) electrons. The number of halogens is 13. The maximum Gasteiger partial charge on any atom is 0.377 e. The second-order valence-corrected chi connectivity index (χ2v) is 5.01. The summed E-state index contributed by atoms with van der Waals surface area (Å²) in [5, 5.41) is 0. The Morgan fingerprint density at radius 2 is 1.00 bits per heavy atom. The lowest BCUT2D eigenvalue weighted by Crippen LogP contribution is -2.58. The molecule has 0 rings (SSSR count). The Labute approximate surface area is 129 Å². The summed E-state index contributed by atoms with van der Waals surface area (Å²) in [6.07, 6.45) is -10.6. The van der Waals surface area contributed by atoms with Crippen molar-refractivity contribution in [3.05, 3.63) is 0 Å². The third kappa shape index (κ3) is 3.86. The highest BCUT2D eigenvalue weighted by Crippen LogP contribution is 2.52. The largest absolute Gasteiger partial charge is 0.377 e. The Balaban J connectivity index is 5.29. The normalized spacial score (nSPS) is 15.5. The lowest BCUT2D eigenvalue weighted by Gasteiger charge is -2.33. The zero-order valence-corrected chi connectivity index (χ0v) is 12.3. The third-order valence-electron chi connectivity index (χ3n) is 2.61. The van der Waals surface area contributed by atoms with Crippen LogP contribution in [0.5, 0.6) is 0 Å². The van der Waals surface area contributed by atoms with Crippen LogP contribution in [0.4, 0.5) is 52.7 Å². The Bertz CT molecular complexity index is 377. The van der Waals surface area contributed by atoms with Crippen LogP contribution in [0, 0.1) is 0 Å². The second kappa shape index (κ2) is 6.42. The Kier molecular flexibility index (Phi) is 6.38. The molecular weight excluding hydrogens is 463 g/mol. The van der Waals surface area contributed by atoms with Gasteiger partial charge in [-0.3, -0.25) is 0 Å². The van der Waals surface area contributed by atoms with E-state index in [9.17, 15) is 52.7 Å². The molecule has 0 aliphatic heterocycles. The molecule has 0 fully saturated rings. The van der Waals surface area contributed by atoms with Gasteiger partial charge in [-0.1, -0.05) is 22.6 Å². The zero-order valence-electron chi connectivity index (χ0n) is 10.1. The van der Waals surface area contributed by atoms with E-state index in [1.807, 2.05) is 0 Å². The first kappa shape index (κ1) is 21.9. The Hall–Kier alpha value is -0.110. The van der Waals surface area contributed by atoms with Gasteiger partial charge in [0, 0.05) is 12.8 Å². The van der Waals surface area contributed by atoms with Gasteiger partial charge < -0.3 is 0 Å². The molecule has 0 aliphatic carbocycles. The van der Waals surface area contributed by atoms with E-state index in [1.54, 1.807) is 0 Å². The van der Waals surface area contributed by atoms with Crippen LogP contribution in [0.25, 0.3) is 0 Å². The van der Waals surface area contributed by atoms with Crippen molar-refractivity contribution in [2.45, 2.75) is 48.9 Å². The van der Waals surface area contributed by atoms with Crippen molar-refractivity contribution in [3.8, 4) is 0 Å². The molecule has 13 heteroatoms. The van der Waals surface area contributed by atoms with Gasteiger partial charge in [-0.25, -0.2) is 8.78 Å². The molecule has 0 aliphatic rings. The summed E-state index contributed by atoms with van der Waals surface area (Å²) in [4.78, 5) is 0. The second-order valence-electron chi connectivity index (χ2n) is 4.25. The fourth-order valence-electron chi connectivity index (χ4n) is 1.13. The SMILES string of the molecule is FC(F)C(F)(F)C(F)(F)C(F)(F)CCC(F)(F)C(F)(F)CI. The van der Waals surface area contributed by atoms with Crippen LogP contribution >= 0.6 is 22.6 Å². The van der Waals surface area contributed by atoms with Crippen molar-refractivity contribution in [2.75, 3.05) is 4.43 Å². The quantitative estimate of drug-likeness (QED) is 0.245. The maximum absolute atomic E-state index is 12.9. The molecule has 22 heavy (non-hydrogen) atoms. The highest BCUT2D eigenvalue weighted by Gasteiger charge is 2.75. The van der Waals surface area contributed by atoms with Crippen molar-refractivity contribution in [1.29, 1.82) is 0 Å². The molecule has 0 aromatic carbocycles. The van der Waals surface area contributed by atoms with Crippen LogP contribution in [0.15, 0.2) is 0 Å². The van der Waals surface area contributed by atoms with Crippen LogP contribution < -0.4 is 0 Å². The number of hydrogen-bond donors (Lipinski definition) is 0. The molecule has 0 atom stereocenters. The van der Waals surface area contributed by atoms with E-state index < -0.39 is 53.3 Å². The molecule has 0 saturated heterocycles. The molecule has 134 valence electrons. The fraction of sp³-hybridized carbons (Fsp3) is 1.00. The predicted molar refractivity (Wildman–Crippen MR) is 58.9 cm³/mol. The summed E-state index contributed by atoms with van der Waals surface area (Å²) in [6.45, 7) is 0. The summed E-state index contributed by atoms with van der Waals surface area (Å²) in [7, 11) is 0. The van der Waals surface area contributed by atoms with Crippen LogP contribution in [0.1, 0.15) is 12.8 Å². The standard InChI is InChI=1S/C9H7F12I/c10-4(11)8(18,19)9(20,21)6(14,15)2-1-5(12,13)7(16,17)3-22/h4H,1-3H2. The minimum absolute atomic E-state index is 0.769. The summed E-state index contributed by atoms with van der Waals surface area (Å²) in [5.41, 5.74) is 0. The summed E-state index contributed by atoms with van der Waals surface area (Å²) in [6, 6.07) is 0. The third-order valence-corrected chi connectivity index (χ3v) is 3.57. The molecular formula is C9H7F12I. The van der Waals surface area contributed by atoms with Gasteiger partial charge in [0.15, 0.2) is 0 Å². The van der Waals surface area contributed by atoms with Crippen LogP contribution in [0.2, 0.25) is 0 Å². The summed E-state index contributed by atoms with van der Waals surface area (Å²) < 4.78 is 149. The average Bonchev–Trinajstić information content (AvgIpc) is 2.35. The van der Waals surface area contributed by atoms with Crippen LogP contribution in [0.3, 0.4) is 0 Å². The van der Waals surface area contributed by atoms with E-state index in [4.69, 9.17) is 0 Å². The number of hydrogen-bond acceptors (Lipinski definition) is 0. The first-order valence-electron chi connectivity index (χ1n) is 5.19. The van der Waals surface area contributed by atoms with Gasteiger partial charge in [0.1, 0.15) is 0 Å². The highest BCUT2D eigenvalue weighted by molar-refractivity contribution is 14.1. The number of alkyl halides is 13. The Morgan fingerprint density at radius 3 is 1.32 bits per heavy atom. The summed E-state index contributed by atoms with van der Waals surface area (Å²) >= 11 is 0.769. The molecule has 0 heterocycles. The monoisotopic (exact) mass is 470 g/mol. The predicted octanol–water partition coefficient (Wildman–Crippen LogP) is 5.64. The van der Waals surface area contributed by atoms with E-state index in [1.165, 1.54) is 0 Å². The van der Waals surface area contributed by atoms with Gasteiger partial charge in [-0.05, 0) is 0 Å². The van der Waals surface area contributed by atoms with Crippen molar-refractivity contribution in [2.24, 2.45) is 0 Å². The molecule has 0 bridgehead atoms. The zero-order chi connectivity index (χ0) is 18.2. The minimum Gasteiger partial charge on any atom is -0.203 e. The summed E-state index contributed by atoms with van der Waals surface area (Å²) in [5.74, 6) is -29.3. The fourth-order valence-corrected chi connectivity index (χ4v) is 1.69. The van der Waals surface area contributed by atoms with E-state index in [0.717, 1.165) is 22.6 Å². The van der Waals surface area contributed by atoms with Gasteiger partial charge in [-0.2, -0.15) is 43.9 Å². The van der Waals surface area contributed by atoms with Crippen LogP contribution in [-0.2, 0) is 0 Å². The Morgan fingerprint density at radius 1 is 0.636 bits per heavy atom. The lowest BCUT2D eigenvalue weighted by molar-refractivity contribution is -0.342. The maximum atomic E-state index is 12.9. The smallest absolute Gasteiger partial charge is 0.203 e. The van der Waals surface area contributed by atoms with Crippen molar-refractivity contribution in [1.82, 2.24) is 0 Å². The molecule has 0 spiro atoms. The molecule has 0 N–H and O–H groups in total. The van der Waals surface area contributed by atoms with E-state index in [2.05, 4.69) is 0 Å². The molecule has 0 aromatic rings. The first-order chi connectivity index (χ1) is 9.46. The van der Waals surface area contributed by atoms with Gasteiger partial charge in [0.25, 0.3) is 0 Å². The number of rotatable bonds is 8. The lowest BCUT2D eigenvalue weighted by atomic mass is 9.97. The molecule has 0 amide bonds. The topological polar surface area (TPSA) is 0 Å². The molecule has 0 aromatic heterocycles. The molecule has 0 saturated carbocycles. The van der Waals surface area contributed by atoms with Crippen molar-refractivity contribution in [3.63, 3.8) is 0 Å². The van der Waals surface area contributed by atoms with Gasteiger partial charge >= 0.3 is 36.0 Å². The van der Waals surface area contributed by atoms with E-state index >= 15 is 0 Å². The van der Waals surface area contributed by atoms with E-state index in [0.29, 0.717) is 0 Å². The average molecular weight is 470 g/mol. The minimum atomic E-state index is -6.69. The first-order valence-corrected chi connectivity index (χ1v) is 6.72. The van der Waals surface area contributed by atoms with Gasteiger partial charge in [-0.15, -0.1) is 0 Å². The van der Waals surface area contributed by atoms with Crippen molar-refractivity contribution >= 4 is 22.6 Å².